The number of hydrogen-bond donors (Lipinski definition) is 2. The van der Waals surface area contributed by atoms with E-state index in [-0.39, 0.29) is 11.7 Å². The van der Waals surface area contributed by atoms with Gasteiger partial charge in [0.05, 0.1) is 29.2 Å². The molecule has 2 rings (SSSR count). The number of carbonyl (C=O) groups is 1. The molecular formula is C15H16FN3O. The highest BCUT2D eigenvalue weighted by Crippen LogP contribution is 2.17. The molecule has 0 bridgehead atoms. The van der Waals surface area contributed by atoms with E-state index in [4.69, 9.17) is 5.73 Å². The summed E-state index contributed by atoms with van der Waals surface area (Å²) in [5, 5.41) is 2.75. The van der Waals surface area contributed by atoms with Gasteiger partial charge < -0.3 is 11.1 Å². The number of hydrogen-bond acceptors (Lipinski definition) is 3. The molecule has 20 heavy (non-hydrogen) atoms. The molecule has 1 amide bonds. The molecule has 1 aromatic heterocycles. The van der Waals surface area contributed by atoms with E-state index >= 15 is 0 Å². The Kier molecular flexibility index (Phi) is 3.98. The maximum atomic E-state index is 13.7. The number of nitrogens with one attached hydrogen (secondary N) is 1. The lowest BCUT2D eigenvalue weighted by Gasteiger charge is -2.16. The number of carbonyl (C=O) groups excluding carboxylic acids is 1. The molecule has 4 nitrogen and oxygen atoms in total. The fourth-order valence-electron chi connectivity index (χ4n) is 1.96. The van der Waals surface area contributed by atoms with Crippen LogP contribution in [0.3, 0.4) is 0 Å². The van der Waals surface area contributed by atoms with E-state index in [2.05, 4.69) is 10.3 Å². The average Bonchev–Trinajstić information content (AvgIpc) is 2.41. The van der Waals surface area contributed by atoms with Gasteiger partial charge in [-0.05, 0) is 26.0 Å². The third-order valence-corrected chi connectivity index (χ3v) is 3.07. The molecule has 5 heteroatoms. The van der Waals surface area contributed by atoms with Crippen LogP contribution in [0.4, 0.5) is 10.1 Å². The number of halogens is 1. The smallest absolute Gasteiger partial charge is 0.253 e. The van der Waals surface area contributed by atoms with E-state index in [0.29, 0.717) is 22.5 Å². The summed E-state index contributed by atoms with van der Waals surface area (Å²) in [4.78, 5) is 16.2. The molecule has 1 aromatic carbocycles. The number of amides is 1. The molecule has 0 saturated heterocycles. The van der Waals surface area contributed by atoms with Crippen LogP contribution in [0, 0.1) is 12.7 Å². The van der Waals surface area contributed by atoms with Crippen molar-refractivity contribution < 1.29 is 9.18 Å². The molecule has 0 spiro atoms. The molecule has 0 radical (unpaired) electrons. The summed E-state index contributed by atoms with van der Waals surface area (Å²) in [7, 11) is 0. The third-order valence-electron chi connectivity index (χ3n) is 3.07. The summed E-state index contributed by atoms with van der Waals surface area (Å²) in [6, 6.07) is 7.47. The Labute approximate surface area is 116 Å². The number of aryl methyl sites for hydroxylation is 1. The zero-order valence-corrected chi connectivity index (χ0v) is 11.4. The summed E-state index contributed by atoms with van der Waals surface area (Å²) < 4.78 is 13.7. The van der Waals surface area contributed by atoms with Gasteiger partial charge in [-0.15, -0.1) is 0 Å². The number of nitrogens with two attached hydrogens (primary N) is 1. The van der Waals surface area contributed by atoms with Gasteiger partial charge in [0.15, 0.2) is 0 Å². The minimum atomic E-state index is -0.440. The summed E-state index contributed by atoms with van der Waals surface area (Å²) in [6.45, 7) is 3.45. The molecule has 104 valence electrons. The first kappa shape index (κ1) is 14.0. The second-order valence-corrected chi connectivity index (χ2v) is 4.62. The summed E-state index contributed by atoms with van der Waals surface area (Å²) in [5.41, 5.74) is 7.46. The van der Waals surface area contributed by atoms with Crippen molar-refractivity contribution in [2.24, 2.45) is 0 Å². The Morgan fingerprint density at radius 3 is 2.80 bits per heavy atom. The van der Waals surface area contributed by atoms with Gasteiger partial charge >= 0.3 is 0 Å². The summed E-state index contributed by atoms with van der Waals surface area (Å²) in [5.74, 6) is -0.666. The van der Waals surface area contributed by atoms with Crippen LogP contribution in [0.1, 0.15) is 34.6 Å². The van der Waals surface area contributed by atoms with Crippen molar-refractivity contribution >= 4 is 11.6 Å². The van der Waals surface area contributed by atoms with Crippen molar-refractivity contribution in [3.63, 3.8) is 0 Å². The average molecular weight is 273 g/mol. The second-order valence-electron chi connectivity index (χ2n) is 4.62. The fourth-order valence-corrected chi connectivity index (χ4v) is 1.96. The van der Waals surface area contributed by atoms with Crippen molar-refractivity contribution in [3.05, 3.63) is 59.2 Å². The molecule has 0 aliphatic rings. The first-order valence-corrected chi connectivity index (χ1v) is 6.26. The van der Waals surface area contributed by atoms with Gasteiger partial charge in [0, 0.05) is 5.56 Å². The zero-order valence-electron chi connectivity index (χ0n) is 11.4. The van der Waals surface area contributed by atoms with E-state index in [1.54, 1.807) is 38.1 Å². The van der Waals surface area contributed by atoms with E-state index in [1.165, 1.54) is 12.3 Å². The minimum absolute atomic E-state index is 0.321. The predicted octanol–water partition coefficient (Wildman–Crippen LogP) is 2.60. The quantitative estimate of drug-likeness (QED) is 0.903. The van der Waals surface area contributed by atoms with Crippen LogP contribution in [0.25, 0.3) is 0 Å². The van der Waals surface area contributed by atoms with Crippen molar-refractivity contribution in [2.45, 2.75) is 19.9 Å². The number of rotatable bonds is 3. The monoisotopic (exact) mass is 273 g/mol. The van der Waals surface area contributed by atoms with Crippen LogP contribution >= 0.6 is 0 Å². The van der Waals surface area contributed by atoms with Crippen LogP contribution in [0.5, 0.6) is 0 Å². The largest absolute Gasteiger partial charge is 0.397 e. The Bertz CT molecular complexity index is 643. The van der Waals surface area contributed by atoms with Crippen molar-refractivity contribution in [1.29, 1.82) is 0 Å². The van der Waals surface area contributed by atoms with Crippen LogP contribution in [-0.4, -0.2) is 10.9 Å². The Morgan fingerprint density at radius 2 is 2.10 bits per heavy atom. The topological polar surface area (TPSA) is 68.0 Å². The highest BCUT2D eigenvalue weighted by Gasteiger charge is 2.16. The molecule has 0 aliphatic carbocycles. The van der Waals surface area contributed by atoms with Crippen molar-refractivity contribution in [2.75, 3.05) is 5.73 Å². The normalized spacial score (nSPS) is 11.9. The predicted molar refractivity (Wildman–Crippen MR) is 75.7 cm³/mol. The summed E-state index contributed by atoms with van der Waals surface area (Å²) >= 11 is 0. The Hall–Kier alpha value is -2.43. The van der Waals surface area contributed by atoms with Gasteiger partial charge in [-0.1, -0.05) is 18.2 Å². The van der Waals surface area contributed by atoms with Crippen LogP contribution in [0.2, 0.25) is 0 Å². The molecule has 3 N–H and O–H groups in total. The number of benzene rings is 1. The molecule has 0 saturated carbocycles. The van der Waals surface area contributed by atoms with E-state index in [9.17, 15) is 9.18 Å². The number of nitrogens with zero attached hydrogens (tertiary/aromatic N) is 1. The minimum Gasteiger partial charge on any atom is -0.397 e. The molecule has 1 heterocycles. The van der Waals surface area contributed by atoms with Crippen molar-refractivity contribution in [3.8, 4) is 0 Å². The third kappa shape index (κ3) is 2.93. The lowest BCUT2D eigenvalue weighted by molar-refractivity contribution is 0.0938. The maximum absolute atomic E-state index is 13.7. The fraction of sp³-hybridized carbons (Fsp3) is 0.200. The maximum Gasteiger partial charge on any atom is 0.253 e. The van der Waals surface area contributed by atoms with Crippen LogP contribution < -0.4 is 11.1 Å². The van der Waals surface area contributed by atoms with Gasteiger partial charge in [0.1, 0.15) is 5.82 Å². The highest BCUT2D eigenvalue weighted by molar-refractivity contribution is 5.96. The lowest BCUT2D eigenvalue weighted by atomic mass is 10.1. The van der Waals surface area contributed by atoms with Gasteiger partial charge in [0.25, 0.3) is 5.91 Å². The molecule has 1 unspecified atom stereocenters. The Morgan fingerprint density at radius 1 is 1.40 bits per heavy atom. The first-order chi connectivity index (χ1) is 9.49. The van der Waals surface area contributed by atoms with Crippen LogP contribution in [-0.2, 0) is 0 Å². The van der Waals surface area contributed by atoms with Gasteiger partial charge in [0.2, 0.25) is 0 Å². The van der Waals surface area contributed by atoms with E-state index in [1.807, 2.05) is 0 Å². The van der Waals surface area contributed by atoms with E-state index < -0.39 is 6.04 Å². The molecule has 1 atom stereocenters. The molecular weight excluding hydrogens is 257 g/mol. The van der Waals surface area contributed by atoms with Gasteiger partial charge in [-0.25, -0.2) is 4.39 Å². The molecule has 0 aliphatic heterocycles. The van der Waals surface area contributed by atoms with Crippen LogP contribution in [0.15, 0.2) is 36.5 Å². The number of anilines is 1. The van der Waals surface area contributed by atoms with E-state index in [0.717, 1.165) is 0 Å². The number of aromatic nitrogens is 1. The SMILES string of the molecule is Cc1ncc(N)cc1C(=O)NC(C)c1ccccc1F. The highest BCUT2D eigenvalue weighted by atomic mass is 19.1. The molecule has 0 fully saturated rings. The first-order valence-electron chi connectivity index (χ1n) is 6.26. The Balaban J connectivity index is 2.20. The zero-order chi connectivity index (χ0) is 14.7. The standard InChI is InChI=1S/C15H16FN3O/c1-9-13(7-11(17)8-18-9)15(20)19-10(2)12-5-3-4-6-14(12)16/h3-8,10H,17H2,1-2H3,(H,19,20). The summed E-state index contributed by atoms with van der Waals surface area (Å²) in [6.07, 6.45) is 1.49. The second kappa shape index (κ2) is 5.69. The molecule has 2 aromatic rings. The lowest BCUT2D eigenvalue weighted by Crippen LogP contribution is -2.28. The van der Waals surface area contributed by atoms with Gasteiger partial charge in [-0.2, -0.15) is 0 Å². The number of nitrogen functional groups attached to an aromatic ring is 1. The van der Waals surface area contributed by atoms with Gasteiger partial charge in [-0.3, -0.25) is 9.78 Å². The van der Waals surface area contributed by atoms with Crippen molar-refractivity contribution in [1.82, 2.24) is 10.3 Å². The number of pyridine rings is 1.